The molecule has 3 aromatic heterocycles. The topological polar surface area (TPSA) is 103 Å². The highest BCUT2D eigenvalue weighted by molar-refractivity contribution is 7.22. The Hall–Kier alpha value is -4.24. The Labute approximate surface area is 196 Å². The zero-order chi connectivity index (χ0) is 23.4. The molecule has 1 amide bonds. The average molecular weight is 472 g/mol. The number of fused-ring (bicyclic) bond motifs is 3. The number of thiazole rings is 1. The third-order valence-corrected chi connectivity index (χ3v) is 6.70. The van der Waals surface area contributed by atoms with Crippen molar-refractivity contribution in [3.63, 3.8) is 0 Å². The van der Waals surface area contributed by atoms with E-state index < -0.39 is 17.9 Å². The Kier molecular flexibility index (Phi) is 4.59. The first-order valence-corrected chi connectivity index (χ1v) is 11.4. The van der Waals surface area contributed by atoms with Crippen LogP contribution in [0.2, 0.25) is 0 Å². The van der Waals surface area contributed by atoms with Gasteiger partial charge < -0.3 is 13.6 Å². The summed E-state index contributed by atoms with van der Waals surface area (Å²) in [6, 6.07) is 14.4. The van der Waals surface area contributed by atoms with Crippen LogP contribution in [0.15, 0.2) is 74.5 Å². The zero-order valence-corrected chi connectivity index (χ0v) is 18.6. The summed E-state index contributed by atoms with van der Waals surface area (Å²) >= 11 is 1.23. The lowest BCUT2D eigenvalue weighted by Gasteiger charge is -2.19. The predicted molar refractivity (Wildman–Crippen MR) is 125 cm³/mol. The Bertz CT molecular complexity index is 1650. The third kappa shape index (κ3) is 2.97. The number of furan rings is 1. The number of carbonyl (C=O) groups excluding carboxylic acids is 2. The van der Waals surface area contributed by atoms with Gasteiger partial charge in [-0.3, -0.25) is 14.5 Å². The van der Waals surface area contributed by atoms with Gasteiger partial charge in [-0.2, -0.15) is 0 Å². The van der Waals surface area contributed by atoms with Crippen molar-refractivity contribution in [1.82, 2.24) is 4.98 Å². The van der Waals surface area contributed by atoms with Crippen LogP contribution in [-0.2, 0) is 4.74 Å². The molecule has 1 aliphatic heterocycles. The lowest BCUT2D eigenvalue weighted by atomic mass is 10.0. The number of aromatic nitrogens is 1. The highest BCUT2D eigenvalue weighted by Gasteiger charge is 2.46. The number of benzene rings is 2. The van der Waals surface area contributed by atoms with Crippen molar-refractivity contribution in [2.24, 2.45) is 0 Å². The fourth-order valence-corrected chi connectivity index (χ4v) is 5.22. The number of hydrogen-bond acceptors (Lipinski definition) is 8. The van der Waals surface area contributed by atoms with E-state index in [2.05, 4.69) is 4.98 Å². The molecule has 6 rings (SSSR count). The monoisotopic (exact) mass is 472 g/mol. The lowest BCUT2D eigenvalue weighted by molar-refractivity contribution is 0.0526. The van der Waals surface area contributed by atoms with Gasteiger partial charge in [0.05, 0.1) is 39.6 Å². The van der Waals surface area contributed by atoms with Gasteiger partial charge in [0.25, 0.3) is 5.91 Å². The van der Waals surface area contributed by atoms with E-state index in [0.29, 0.717) is 37.6 Å². The summed E-state index contributed by atoms with van der Waals surface area (Å²) in [5.41, 5.74) is 1.26. The van der Waals surface area contributed by atoms with Gasteiger partial charge >= 0.3 is 5.97 Å². The van der Waals surface area contributed by atoms with E-state index in [4.69, 9.17) is 13.6 Å². The minimum atomic E-state index is -0.830. The average Bonchev–Trinajstić information content (AvgIpc) is 3.57. The van der Waals surface area contributed by atoms with Crippen LogP contribution < -0.4 is 10.3 Å². The molecule has 5 aromatic rings. The van der Waals surface area contributed by atoms with Crippen LogP contribution in [0.1, 0.15) is 45.2 Å². The van der Waals surface area contributed by atoms with Crippen molar-refractivity contribution in [3.05, 3.63) is 93.7 Å². The molecule has 1 aliphatic rings. The molecule has 34 heavy (non-hydrogen) atoms. The number of rotatable bonds is 4. The summed E-state index contributed by atoms with van der Waals surface area (Å²) in [6.07, 6.45) is 1.49. The van der Waals surface area contributed by atoms with Crippen molar-refractivity contribution in [2.45, 2.75) is 13.0 Å². The van der Waals surface area contributed by atoms with Crippen LogP contribution in [0.3, 0.4) is 0 Å². The maximum Gasteiger partial charge on any atom is 0.338 e. The summed E-state index contributed by atoms with van der Waals surface area (Å²) in [5, 5.41) is 0.744. The first kappa shape index (κ1) is 20.4. The van der Waals surface area contributed by atoms with E-state index in [9.17, 15) is 14.4 Å². The van der Waals surface area contributed by atoms with Gasteiger partial charge in [-0.25, -0.2) is 9.78 Å². The number of carbonyl (C=O) groups is 2. The summed E-state index contributed by atoms with van der Waals surface area (Å²) in [5.74, 6) is -0.527. The van der Waals surface area contributed by atoms with E-state index in [1.165, 1.54) is 22.5 Å². The lowest BCUT2D eigenvalue weighted by Crippen LogP contribution is -2.29. The molecule has 0 saturated heterocycles. The Morgan fingerprint density at radius 3 is 2.79 bits per heavy atom. The molecule has 0 spiro atoms. The number of anilines is 1. The highest BCUT2D eigenvalue weighted by atomic mass is 32.1. The van der Waals surface area contributed by atoms with Gasteiger partial charge in [0.1, 0.15) is 17.4 Å². The van der Waals surface area contributed by atoms with Gasteiger partial charge in [0, 0.05) is 0 Å². The molecule has 8 nitrogen and oxygen atoms in total. The van der Waals surface area contributed by atoms with Gasteiger partial charge in [-0.1, -0.05) is 23.5 Å². The van der Waals surface area contributed by atoms with Crippen molar-refractivity contribution in [1.29, 1.82) is 0 Å². The Balaban J connectivity index is 1.54. The van der Waals surface area contributed by atoms with Crippen LogP contribution in [0.25, 0.3) is 21.2 Å². The van der Waals surface area contributed by atoms with Crippen LogP contribution in [-0.4, -0.2) is 23.5 Å². The van der Waals surface area contributed by atoms with Gasteiger partial charge in [0.15, 0.2) is 10.6 Å². The molecule has 1 atom stereocenters. The van der Waals surface area contributed by atoms with E-state index >= 15 is 0 Å². The molecule has 0 N–H and O–H groups in total. The SMILES string of the molecule is CCOC(=O)c1ccc2nc(N3C(=O)c4oc5ccccc5c(=O)c4[C@@H]3c3ccco3)sc2c1. The van der Waals surface area contributed by atoms with Crippen LogP contribution >= 0.6 is 11.3 Å². The van der Waals surface area contributed by atoms with E-state index in [-0.39, 0.29) is 23.4 Å². The summed E-state index contributed by atoms with van der Waals surface area (Å²) in [4.78, 5) is 45.2. The molecule has 0 unspecified atom stereocenters. The number of hydrogen-bond donors (Lipinski definition) is 0. The molecular weight excluding hydrogens is 456 g/mol. The molecule has 2 aromatic carbocycles. The minimum absolute atomic E-state index is 0.0310. The molecule has 168 valence electrons. The maximum atomic E-state index is 13.6. The minimum Gasteiger partial charge on any atom is -0.467 e. The predicted octanol–water partition coefficient (Wildman–Crippen LogP) is 4.92. The Morgan fingerprint density at radius 2 is 2.00 bits per heavy atom. The van der Waals surface area contributed by atoms with Crippen molar-refractivity contribution in [2.75, 3.05) is 11.5 Å². The van der Waals surface area contributed by atoms with Crippen LogP contribution in [0.4, 0.5) is 5.13 Å². The van der Waals surface area contributed by atoms with E-state index in [1.807, 2.05) is 0 Å². The third-order valence-electron chi connectivity index (χ3n) is 5.68. The van der Waals surface area contributed by atoms with Crippen molar-refractivity contribution < 1.29 is 23.2 Å². The Morgan fingerprint density at radius 1 is 1.15 bits per heavy atom. The normalized spacial score (nSPS) is 15.3. The quantitative estimate of drug-likeness (QED) is 0.342. The van der Waals surface area contributed by atoms with Crippen LogP contribution in [0.5, 0.6) is 0 Å². The fraction of sp³-hybridized carbons (Fsp3) is 0.120. The summed E-state index contributed by atoms with van der Waals surface area (Å²) in [7, 11) is 0. The molecule has 0 fully saturated rings. The highest BCUT2D eigenvalue weighted by Crippen LogP contribution is 2.43. The molecule has 0 aliphatic carbocycles. The van der Waals surface area contributed by atoms with Crippen molar-refractivity contribution in [3.8, 4) is 0 Å². The number of esters is 1. The van der Waals surface area contributed by atoms with E-state index in [0.717, 1.165) is 0 Å². The molecule has 0 saturated carbocycles. The number of ether oxygens (including phenoxy) is 1. The number of para-hydroxylation sites is 1. The van der Waals surface area contributed by atoms with Gasteiger partial charge in [-0.15, -0.1) is 0 Å². The van der Waals surface area contributed by atoms with Gasteiger partial charge in [-0.05, 0) is 49.4 Å². The van der Waals surface area contributed by atoms with Crippen molar-refractivity contribution >= 4 is 49.5 Å². The largest absolute Gasteiger partial charge is 0.467 e. The summed E-state index contributed by atoms with van der Waals surface area (Å²) in [6.45, 7) is 2.01. The maximum absolute atomic E-state index is 13.6. The second-order valence-corrected chi connectivity index (χ2v) is 8.67. The molecule has 4 heterocycles. The summed E-state index contributed by atoms with van der Waals surface area (Å²) < 4.78 is 17.3. The first-order chi connectivity index (χ1) is 16.6. The fourth-order valence-electron chi connectivity index (χ4n) is 4.19. The molecular formula is C25H16N2O6S. The van der Waals surface area contributed by atoms with Gasteiger partial charge in [0.2, 0.25) is 5.76 Å². The molecule has 9 heteroatoms. The number of nitrogens with zero attached hydrogens (tertiary/aromatic N) is 2. The zero-order valence-electron chi connectivity index (χ0n) is 17.8. The second kappa shape index (κ2) is 7.67. The second-order valence-electron chi connectivity index (χ2n) is 7.66. The first-order valence-electron chi connectivity index (χ1n) is 10.6. The standard InChI is InChI=1S/C25H16N2O6S/c1-2-31-24(30)13-9-10-15-18(12-13)34-25(26-15)27-20(17-8-5-11-32-17)19-21(28)14-6-3-4-7-16(14)33-22(19)23(27)29/h3-12,20H,2H2,1H3/t20-/m0/s1. The van der Waals surface area contributed by atoms with E-state index in [1.54, 1.807) is 61.5 Å². The number of amides is 1. The van der Waals surface area contributed by atoms with Crippen LogP contribution in [0, 0.1) is 0 Å². The molecule has 0 bridgehead atoms. The smallest absolute Gasteiger partial charge is 0.338 e. The molecule has 0 radical (unpaired) electrons.